The van der Waals surface area contributed by atoms with Crippen LogP contribution in [-0.4, -0.2) is 56.8 Å². The van der Waals surface area contributed by atoms with Gasteiger partial charge in [-0.05, 0) is 35.4 Å². The lowest BCUT2D eigenvalue weighted by molar-refractivity contribution is 0.0283. The zero-order valence-electron chi connectivity index (χ0n) is 20.6. The highest BCUT2D eigenvalue weighted by Gasteiger charge is 2.26. The summed E-state index contributed by atoms with van der Waals surface area (Å²) in [5.74, 6) is 2.57. The monoisotopic (exact) mass is 527 g/mol. The minimum atomic E-state index is -0.294. The Labute approximate surface area is 219 Å². The third-order valence-electron chi connectivity index (χ3n) is 6.28. The van der Waals surface area contributed by atoms with Gasteiger partial charge in [0.25, 0.3) is 0 Å². The standard InChI is InChI=1S/C27H36Cl3NO3/c1-19(15-28)17-34-26-24(29)13-22(14-25(26)30)27(3,4)21-5-7-23(8-6-21)33-18-20(2)16-31-9-11-32-12-10-31/h5-8,13-14,19-20H,9-12,15-18H2,1-4H3/t19-,20+/m1/s1. The van der Waals surface area contributed by atoms with Crippen LogP contribution < -0.4 is 9.47 Å². The van der Waals surface area contributed by atoms with Crippen LogP contribution in [0.5, 0.6) is 11.5 Å². The minimum Gasteiger partial charge on any atom is -0.493 e. The first-order valence-corrected chi connectivity index (χ1v) is 13.2. The predicted octanol–water partition coefficient (Wildman–Crippen LogP) is 6.92. The second-order valence-electron chi connectivity index (χ2n) is 9.82. The number of nitrogens with zero attached hydrogens (tertiary/aromatic N) is 1. The molecule has 0 N–H and O–H groups in total. The van der Waals surface area contributed by atoms with E-state index in [0.717, 1.165) is 49.7 Å². The highest BCUT2D eigenvalue weighted by molar-refractivity contribution is 6.37. The molecule has 1 fully saturated rings. The Morgan fingerprint density at radius 1 is 0.912 bits per heavy atom. The van der Waals surface area contributed by atoms with Crippen LogP contribution in [0.4, 0.5) is 0 Å². The van der Waals surface area contributed by atoms with Crippen LogP contribution in [0.2, 0.25) is 10.0 Å². The summed E-state index contributed by atoms with van der Waals surface area (Å²) >= 11 is 19.0. The summed E-state index contributed by atoms with van der Waals surface area (Å²) in [7, 11) is 0. The van der Waals surface area contributed by atoms with E-state index in [4.69, 9.17) is 49.0 Å². The van der Waals surface area contributed by atoms with Gasteiger partial charge in [-0.15, -0.1) is 11.6 Å². The first-order valence-electron chi connectivity index (χ1n) is 11.9. The van der Waals surface area contributed by atoms with E-state index in [-0.39, 0.29) is 11.3 Å². The molecule has 4 nitrogen and oxygen atoms in total. The topological polar surface area (TPSA) is 30.9 Å². The zero-order chi connectivity index (χ0) is 24.7. The summed E-state index contributed by atoms with van der Waals surface area (Å²) in [5, 5.41) is 1.01. The van der Waals surface area contributed by atoms with E-state index in [2.05, 4.69) is 37.8 Å². The Morgan fingerprint density at radius 2 is 1.50 bits per heavy atom. The SMILES string of the molecule is C[C@H](CCl)COc1c(Cl)cc(C(C)(C)c2ccc(OC[C@@H](C)CN3CCOCC3)cc2)cc1Cl. The summed E-state index contributed by atoms with van der Waals surface area (Å²) in [5.41, 5.74) is 1.88. The zero-order valence-corrected chi connectivity index (χ0v) is 22.8. The van der Waals surface area contributed by atoms with Gasteiger partial charge in [-0.1, -0.05) is 63.0 Å². The maximum absolute atomic E-state index is 6.55. The number of alkyl halides is 1. The van der Waals surface area contributed by atoms with E-state index in [1.165, 1.54) is 0 Å². The van der Waals surface area contributed by atoms with E-state index in [9.17, 15) is 0 Å². The van der Waals surface area contributed by atoms with Crippen molar-refractivity contribution >= 4 is 34.8 Å². The van der Waals surface area contributed by atoms with Crippen molar-refractivity contribution < 1.29 is 14.2 Å². The molecule has 0 saturated carbocycles. The largest absolute Gasteiger partial charge is 0.493 e. The van der Waals surface area contributed by atoms with Crippen LogP contribution in [-0.2, 0) is 10.2 Å². The maximum Gasteiger partial charge on any atom is 0.156 e. The normalized spacial score (nSPS) is 16.8. The molecule has 0 bridgehead atoms. The molecular formula is C27H36Cl3NO3. The van der Waals surface area contributed by atoms with Crippen molar-refractivity contribution in [2.75, 3.05) is 51.9 Å². The van der Waals surface area contributed by atoms with Crippen LogP contribution in [0.1, 0.15) is 38.8 Å². The van der Waals surface area contributed by atoms with Crippen LogP contribution >= 0.6 is 34.8 Å². The average molecular weight is 529 g/mol. The molecular weight excluding hydrogens is 493 g/mol. The molecule has 0 unspecified atom stereocenters. The quantitative estimate of drug-likeness (QED) is 0.296. The number of rotatable bonds is 11. The molecule has 0 aromatic heterocycles. The van der Waals surface area contributed by atoms with Crippen molar-refractivity contribution in [2.24, 2.45) is 11.8 Å². The van der Waals surface area contributed by atoms with Crippen LogP contribution in [0.15, 0.2) is 36.4 Å². The molecule has 1 aliphatic heterocycles. The second kappa shape index (κ2) is 12.7. The van der Waals surface area contributed by atoms with Gasteiger partial charge >= 0.3 is 0 Å². The van der Waals surface area contributed by atoms with Crippen molar-refractivity contribution in [3.63, 3.8) is 0 Å². The predicted molar refractivity (Wildman–Crippen MR) is 142 cm³/mol. The van der Waals surface area contributed by atoms with E-state index in [1.54, 1.807) is 0 Å². The van der Waals surface area contributed by atoms with Crippen LogP contribution in [0, 0.1) is 11.8 Å². The molecule has 2 aromatic carbocycles. The van der Waals surface area contributed by atoms with Gasteiger partial charge in [-0.3, -0.25) is 4.90 Å². The molecule has 188 valence electrons. The minimum absolute atomic E-state index is 0.216. The van der Waals surface area contributed by atoms with Gasteiger partial charge in [0.15, 0.2) is 5.75 Å². The molecule has 1 saturated heterocycles. The molecule has 3 rings (SSSR count). The maximum atomic E-state index is 6.55. The van der Waals surface area contributed by atoms with Gasteiger partial charge in [0.1, 0.15) is 5.75 Å². The summed E-state index contributed by atoms with van der Waals surface area (Å²) in [6, 6.07) is 12.2. The van der Waals surface area contributed by atoms with Gasteiger partial charge in [-0.25, -0.2) is 0 Å². The lowest BCUT2D eigenvalue weighted by Gasteiger charge is -2.29. The van der Waals surface area contributed by atoms with Crippen LogP contribution in [0.3, 0.4) is 0 Å². The summed E-state index contributed by atoms with van der Waals surface area (Å²) in [4.78, 5) is 2.44. The number of ether oxygens (including phenoxy) is 3. The molecule has 2 aromatic rings. The Hall–Kier alpha value is -1.17. The third-order valence-corrected chi connectivity index (χ3v) is 7.37. The second-order valence-corrected chi connectivity index (χ2v) is 10.9. The first kappa shape index (κ1) is 27.4. The first-order chi connectivity index (χ1) is 16.2. The third kappa shape index (κ3) is 7.41. The van der Waals surface area contributed by atoms with Crippen molar-refractivity contribution in [2.45, 2.75) is 33.1 Å². The number of hydrogen-bond acceptors (Lipinski definition) is 4. The molecule has 2 atom stereocenters. The van der Waals surface area contributed by atoms with Crippen molar-refractivity contribution in [3.8, 4) is 11.5 Å². The molecule has 1 aliphatic rings. The van der Waals surface area contributed by atoms with Crippen molar-refractivity contribution in [3.05, 3.63) is 57.6 Å². The lowest BCUT2D eigenvalue weighted by Crippen LogP contribution is -2.39. The van der Waals surface area contributed by atoms with E-state index < -0.39 is 0 Å². The smallest absolute Gasteiger partial charge is 0.156 e. The molecule has 7 heteroatoms. The Morgan fingerprint density at radius 3 is 2.09 bits per heavy atom. The van der Waals surface area contributed by atoms with Crippen molar-refractivity contribution in [1.82, 2.24) is 4.90 Å². The van der Waals surface area contributed by atoms with Gasteiger partial charge in [0, 0.05) is 42.8 Å². The molecule has 0 spiro atoms. The van der Waals surface area contributed by atoms with Gasteiger partial charge in [0.2, 0.25) is 0 Å². The Bertz CT molecular complexity index is 891. The summed E-state index contributed by atoms with van der Waals surface area (Å²) < 4.78 is 17.3. The van der Waals surface area contributed by atoms with Gasteiger partial charge < -0.3 is 14.2 Å². The molecule has 0 aliphatic carbocycles. The van der Waals surface area contributed by atoms with Crippen molar-refractivity contribution in [1.29, 1.82) is 0 Å². The fourth-order valence-electron chi connectivity index (χ4n) is 3.98. The number of hydrogen-bond donors (Lipinski definition) is 0. The number of benzene rings is 2. The number of morpholine rings is 1. The van der Waals surface area contributed by atoms with E-state index >= 15 is 0 Å². The Balaban J connectivity index is 1.62. The fourth-order valence-corrected chi connectivity index (χ4v) is 4.66. The molecule has 34 heavy (non-hydrogen) atoms. The average Bonchev–Trinajstić information content (AvgIpc) is 2.82. The van der Waals surface area contributed by atoms with Crippen LogP contribution in [0.25, 0.3) is 0 Å². The summed E-state index contributed by atoms with van der Waals surface area (Å²) in [6.45, 7) is 14.4. The van der Waals surface area contributed by atoms with Gasteiger partial charge in [-0.2, -0.15) is 0 Å². The number of halogens is 3. The molecule has 1 heterocycles. The fraction of sp³-hybridized carbons (Fsp3) is 0.556. The molecule has 0 radical (unpaired) electrons. The van der Waals surface area contributed by atoms with E-state index in [1.807, 2.05) is 31.2 Å². The van der Waals surface area contributed by atoms with Gasteiger partial charge in [0.05, 0.1) is 36.5 Å². The lowest BCUT2D eigenvalue weighted by atomic mass is 9.78. The Kier molecular flexibility index (Phi) is 10.2. The summed E-state index contributed by atoms with van der Waals surface area (Å²) in [6.07, 6.45) is 0. The highest BCUT2D eigenvalue weighted by Crippen LogP contribution is 2.40. The highest BCUT2D eigenvalue weighted by atomic mass is 35.5. The molecule has 0 amide bonds. The van der Waals surface area contributed by atoms with E-state index in [0.29, 0.717) is 40.8 Å².